The summed E-state index contributed by atoms with van der Waals surface area (Å²) in [6.07, 6.45) is 0.560. The van der Waals surface area contributed by atoms with Crippen LogP contribution in [0.1, 0.15) is 37.0 Å². The Morgan fingerprint density at radius 1 is 1.10 bits per heavy atom. The van der Waals surface area contributed by atoms with Crippen LogP contribution in [0.5, 0.6) is 5.75 Å². The summed E-state index contributed by atoms with van der Waals surface area (Å²) in [5.41, 5.74) is 3.35. The Hall–Kier alpha value is -2.47. The second-order valence-corrected chi connectivity index (χ2v) is 8.16. The Morgan fingerprint density at radius 3 is 2.47 bits per heavy atom. The van der Waals surface area contributed by atoms with Crippen LogP contribution in [0, 0.1) is 6.92 Å². The molecular formula is C24H32N2O3S. The van der Waals surface area contributed by atoms with Crippen molar-refractivity contribution >= 4 is 23.6 Å². The number of nitrogens with one attached hydrogen (secondary N) is 1. The molecule has 0 unspecified atom stereocenters. The van der Waals surface area contributed by atoms with Crippen LogP contribution in [0.4, 0.5) is 0 Å². The molecule has 0 saturated heterocycles. The molecule has 0 spiro atoms. The van der Waals surface area contributed by atoms with E-state index in [1.807, 2.05) is 38.1 Å². The second kappa shape index (κ2) is 12.3. The number of hydrogen-bond donors (Lipinski definition) is 1. The van der Waals surface area contributed by atoms with Gasteiger partial charge in [-0.2, -0.15) is 0 Å². The maximum absolute atomic E-state index is 13.1. The third-order valence-electron chi connectivity index (χ3n) is 4.84. The first kappa shape index (κ1) is 23.8. The molecule has 2 amide bonds. The third kappa shape index (κ3) is 7.10. The maximum atomic E-state index is 13.1. The van der Waals surface area contributed by atoms with E-state index in [9.17, 15) is 9.59 Å². The number of rotatable bonds is 11. The van der Waals surface area contributed by atoms with E-state index in [-0.39, 0.29) is 11.8 Å². The highest BCUT2D eigenvalue weighted by Crippen LogP contribution is 2.19. The quantitative estimate of drug-likeness (QED) is 0.583. The van der Waals surface area contributed by atoms with Crippen LogP contribution in [0.25, 0.3) is 0 Å². The van der Waals surface area contributed by atoms with Crippen LogP contribution in [-0.4, -0.2) is 42.2 Å². The van der Waals surface area contributed by atoms with E-state index in [0.717, 1.165) is 17.1 Å². The van der Waals surface area contributed by atoms with Gasteiger partial charge in [0.15, 0.2) is 0 Å². The van der Waals surface area contributed by atoms with Gasteiger partial charge in [-0.3, -0.25) is 9.59 Å². The molecule has 6 heteroatoms. The first-order chi connectivity index (χ1) is 14.5. The van der Waals surface area contributed by atoms with Gasteiger partial charge >= 0.3 is 0 Å². The minimum atomic E-state index is -0.497. The summed E-state index contributed by atoms with van der Waals surface area (Å²) in [5, 5.41) is 2.86. The van der Waals surface area contributed by atoms with Gasteiger partial charge in [0.25, 0.3) is 0 Å². The first-order valence-corrected chi connectivity index (χ1v) is 11.5. The average Bonchev–Trinajstić information content (AvgIpc) is 2.75. The highest BCUT2D eigenvalue weighted by molar-refractivity contribution is 7.99. The average molecular weight is 429 g/mol. The molecule has 0 aliphatic heterocycles. The van der Waals surface area contributed by atoms with Crippen molar-refractivity contribution in [2.75, 3.05) is 19.4 Å². The van der Waals surface area contributed by atoms with Crippen molar-refractivity contribution in [2.24, 2.45) is 0 Å². The van der Waals surface area contributed by atoms with Crippen molar-refractivity contribution in [2.45, 2.75) is 45.5 Å². The van der Waals surface area contributed by atoms with Gasteiger partial charge in [0.1, 0.15) is 11.8 Å². The molecule has 0 aliphatic carbocycles. The lowest BCUT2D eigenvalue weighted by atomic mass is 10.1. The lowest BCUT2D eigenvalue weighted by Gasteiger charge is -2.30. The van der Waals surface area contributed by atoms with E-state index in [1.165, 1.54) is 11.1 Å². The molecule has 0 radical (unpaired) electrons. The van der Waals surface area contributed by atoms with Crippen LogP contribution in [-0.2, 0) is 21.9 Å². The molecule has 0 fully saturated rings. The SMILES string of the molecule is CCNC(=O)[C@@H](CC)N(Cc1cccc(OC)c1)C(=O)CSCc1ccc(C)cc1. The first-order valence-electron chi connectivity index (χ1n) is 10.3. The molecule has 162 valence electrons. The Bertz CT molecular complexity index is 823. The van der Waals surface area contributed by atoms with Crippen LogP contribution in [0.3, 0.4) is 0 Å². The molecule has 0 aromatic heterocycles. The van der Waals surface area contributed by atoms with Crippen molar-refractivity contribution in [3.63, 3.8) is 0 Å². The summed E-state index contributed by atoms with van der Waals surface area (Å²) >= 11 is 1.57. The van der Waals surface area contributed by atoms with E-state index in [0.29, 0.717) is 25.3 Å². The number of nitrogens with zero attached hydrogens (tertiary/aromatic N) is 1. The van der Waals surface area contributed by atoms with E-state index in [4.69, 9.17) is 4.74 Å². The molecule has 0 aliphatic rings. The van der Waals surface area contributed by atoms with E-state index in [1.54, 1.807) is 23.8 Å². The minimum absolute atomic E-state index is 0.0342. The number of hydrogen-bond acceptors (Lipinski definition) is 4. The number of aryl methyl sites for hydroxylation is 1. The summed E-state index contributed by atoms with van der Waals surface area (Å²) in [5.74, 6) is 1.68. The Labute approximate surface area is 184 Å². The van der Waals surface area contributed by atoms with Gasteiger partial charge in [-0.05, 0) is 43.5 Å². The van der Waals surface area contributed by atoms with Crippen LogP contribution < -0.4 is 10.1 Å². The van der Waals surface area contributed by atoms with Gasteiger partial charge in [0.2, 0.25) is 11.8 Å². The smallest absolute Gasteiger partial charge is 0.242 e. The van der Waals surface area contributed by atoms with Crippen molar-refractivity contribution < 1.29 is 14.3 Å². The fraction of sp³-hybridized carbons (Fsp3) is 0.417. The molecule has 5 nitrogen and oxygen atoms in total. The number of likely N-dealkylation sites (N-methyl/N-ethyl adjacent to an activating group) is 1. The maximum Gasteiger partial charge on any atom is 0.242 e. The molecule has 1 N–H and O–H groups in total. The van der Waals surface area contributed by atoms with Crippen molar-refractivity contribution in [1.29, 1.82) is 0 Å². The molecule has 0 bridgehead atoms. The summed E-state index contributed by atoms with van der Waals surface area (Å²) in [7, 11) is 1.62. The molecular weight excluding hydrogens is 396 g/mol. The molecule has 2 aromatic carbocycles. The van der Waals surface area contributed by atoms with Crippen LogP contribution in [0.15, 0.2) is 48.5 Å². The number of thioether (sulfide) groups is 1. The van der Waals surface area contributed by atoms with Gasteiger partial charge in [-0.15, -0.1) is 11.8 Å². The van der Waals surface area contributed by atoms with E-state index < -0.39 is 6.04 Å². The summed E-state index contributed by atoms with van der Waals surface area (Å²) in [6.45, 7) is 6.79. The lowest BCUT2D eigenvalue weighted by Crippen LogP contribution is -2.49. The minimum Gasteiger partial charge on any atom is -0.497 e. The van der Waals surface area contributed by atoms with Gasteiger partial charge in [0, 0.05) is 18.8 Å². The fourth-order valence-corrected chi connectivity index (χ4v) is 4.07. The summed E-state index contributed by atoms with van der Waals surface area (Å²) in [4.78, 5) is 27.5. The molecule has 1 atom stereocenters. The van der Waals surface area contributed by atoms with Crippen molar-refractivity contribution in [3.8, 4) is 5.75 Å². The molecule has 0 heterocycles. The number of benzene rings is 2. The highest BCUT2D eigenvalue weighted by atomic mass is 32.2. The van der Waals surface area contributed by atoms with Gasteiger partial charge in [-0.25, -0.2) is 0 Å². The number of amides is 2. The topological polar surface area (TPSA) is 58.6 Å². The van der Waals surface area contributed by atoms with Gasteiger partial charge in [0.05, 0.1) is 12.9 Å². The standard InChI is InChI=1S/C24H32N2O3S/c1-5-22(24(28)25-6-2)26(15-20-8-7-9-21(14-20)29-4)23(27)17-30-16-19-12-10-18(3)11-13-19/h7-14,22H,5-6,15-17H2,1-4H3,(H,25,28)/t22-/m1/s1. The highest BCUT2D eigenvalue weighted by Gasteiger charge is 2.28. The normalized spacial score (nSPS) is 11.6. The van der Waals surface area contributed by atoms with E-state index >= 15 is 0 Å². The summed E-state index contributed by atoms with van der Waals surface area (Å²) in [6, 6.07) is 15.5. The predicted octanol–water partition coefficient (Wildman–Crippen LogP) is 4.18. The number of carbonyl (C=O) groups excluding carboxylic acids is 2. The van der Waals surface area contributed by atoms with Crippen LogP contribution in [0.2, 0.25) is 0 Å². The van der Waals surface area contributed by atoms with E-state index in [2.05, 4.69) is 36.5 Å². The zero-order valence-electron chi connectivity index (χ0n) is 18.3. The van der Waals surface area contributed by atoms with Crippen molar-refractivity contribution in [1.82, 2.24) is 10.2 Å². The van der Waals surface area contributed by atoms with Crippen LogP contribution >= 0.6 is 11.8 Å². The Kier molecular flexibility index (Phi) is 9.74. The lowest BCUT2D eigenvalue weighted by molar-refractivity contribution is -0.139. The third-order valence-corrected chi connectivity index (χ3v) is 5.83. The van der Waals surface area contributed by atoms with Gasteiger partial charge in [-0.1, -0.05) is 48.9 Å². The monoisotopic (exact) mass is 428 g/mol. The Balaban J connectivity index is 2.12. The number of carbonyl (C=O) groups is 2. The molecule has 30 heavy (non-hydrogen) atoms. The number of ether oxygens (including phenoxy) is 1. The molecule has 0 saturated carbocycles. The molecule has 2 aromatic rings. The zero-order valence-corrected chi connectivity index (χ0v) is 19.1. The Morgan fingerprint density at radius 2 is 1.83 bits per heavy atom. The zero-order chi connectivity index (χ0) is 21.9. The van der Waals surface area contributed by atoms with Gasteiger partial charge < -0.3 is 15.0 Å². The van der Waals surface area contributed by atoms with Crippen molar-refractivity contribution in [3.05, 3.63) is 65.2 Å². The predicted molar refractivity (Wildman–Crippen MR) is 124 cm³/mol. The largest absolute Gasteiger partial charge is 0.497 e. The molecule has 2 rings (SSSR count). The second-order valence-electron chi connectivity index (χ2n) is 7.17. The number of methoxy groups -OCH3 is 1. The summed E-state index contributed by atoms with van der Waals surface area (Å²) < 4.78 is 5.31. The fourth-order valence-electron chi connectivity index (χ4n) is 3.20.